The molecule has 1 atom stereocenters. The van der Waals surface area contributed by atoms with E-state index in [-0.39, 0.29) is 24.1 Å². The topological polar surface area (TPSA) is 60.4 Å². The van der Waals surface area contributed by atoms with E-state index in [9.17, 15) is 13.2 Å². The van der Waals surface area contributed by atoms with E-state index < -0.39 is 9.84 Å². The monoisotopic (exact) mass is 232 g/mol. The fraction of sp³-hybridized carbons (Fsp3) is 0.700. The van der Waals surface area contributed by atoms with E-state index in [1.807, 2.05) is 6.08 Å². The van der Waals surface area contributed by atoms with Crippen molar-refractivity contribution in [1.29, 1.82) is 0 Å². The van der Waals surface area contributed by atoms with Gasteiger partial charge >= 0.3 is 5.97 Å². The van der Waals surface area contributed by atoms with Gasteiger partial charge in [-0.05, 0) is 18.8 Å². The zero-order valence-corrected chi connectivity index (χ0v) is 9.63. The lowest BCUT2D eigenvalue weighted by molar-refractivity contribution is -0.139. The largest absolute Gasteiger partial charge is 0.469 e. The van der Waals surface area contributed by atoms with Gasteiger partial charge in [-0.3, -0.25) is 4.79 Å². The van der Waals surface area contributed by atoms with E-state index in [0.29, 0.717) is 5.75 Å². The van der Waals surface area contributed by atoms with Crippen LogP contribution in [0.1, 0.15) is 19.3 Å². The van der Waals surface area contributed by atoms with Crippen molar-refractivity contribution >= 4 is 15.8 Å². The van der Waals surface area contributed by atoms with Crippen molar-refractivity contribution < 1.29 is 17.9 Å². The first-order valence-electron chi connectivity index (χ1n) is 4.97. The summed E-state index contributed by atoms with van der Waals surface area (Å²) < 4.78 is 27.0. The van der Waals surface area contributed by atoms with E-state index in [0.717, 1.165) is 12.8 Å². The van der Waals surface area contributed by atoms with Gasteiger partial charge in [0.25, 0.3) is 0 Å². The van der Waals surface area contributed by atoms with Crippen molar-refractivity contribution in [2.24, 2.45) is 5.92 Å². The molecule has 0 amide bonds. The molecule has 0 bridgehead atoms. The van der Waals surface area contributed by atoms with Crippen LogP contribution in [-0.4, -0.2) is 33.0 Å². The van der Waals surface area contributed by atoms with Gasteiger partial charge in [0.05, 0.1) is 25.0 Å². The molecule has 86 valence electrons. The minimum atomic E-state index is -2.86. The molecule has 0 N–H and O–H groups in total. The molecular formula is C10H16O4S. The second-order valence-electron chi connectivity index (χ2n) is 3.73. The lowest BCUT2D eigenvalue weighted by Crippen LogP contribution is -2.23. The van der Waals surface area contributed by atoms with E-state index in [2.05, 4.69) is 4.74 Å². The lowest BCUT2D eigenvalue weighted by atomic mass is 10.0. The Kier molecular flexibility index (Phi) is 4.32. The lowest BCUT2D eigenvalue weighted by Gasteiger charge is -2.18. The van der Waals surface area contributed by atoms with E-state index in [4.69, 9.17) is 0 Å². The highest BCUT2D eigenvalue weighted by atomic mass is 32.2. The first kappa shape index (κ1) is 12.2. The van der Waals surface area contributed by atoms with E-state index >= 15 is 0 Å². The third-order valence-corrected chi connectivity index (χ3v) is 4.27. The number of esters is 1. The normalized spacial score (nSPS) is 25.3. The number of hydrogen-bond donors (Lipinski definition) is 0. The Labute approximate surface area is 90.2 Å². The van der Waals surface area contributed by atoms with Gasteiger partial charge in [-0.2, -0.15) is 0 Å². The molecule has 1 unspecified atom stereocenters. The number of carbonyl (C=O) groups is 1. The Bertz CT molecular complexity index is 342. The molecule has 1 rings (SSSR count). The number of carbonyl (C=O) groups excluding carboxylic acids is 1. The van der Waals surface area contributed by atoms with Crippen molar-refractivity contribution in [2.45, 2.75) is 19.3 Å². The summed E-state index contributed by atoms with van der Waals surface area (Å²) in [5.74, 6) is 0.275. The average molecular weight is 232 g/mol. The second kappa shape index (κ2) is 5.30. The Morgan fingerprint density at radius 3 is 2.87 bits per heavy atom. The molecule has 1 aliphatic rings. The van der Waals surface area contributed by atoms with Gasteiger partial charge in [0.1, 0.15) is 0 Å². The third kappa shape index (κ3) is 4.46. The predicted molar refractivity (Wildman–Crippen MR) is 57.2 cm³/mol. The van der Waals surface area contributed by atoms with Crippen LogP contribution in [-0.2, 0) is 19.4 Å². The van der Waals surface area contributed by atoms with Gasteiger partial charge in [0.15, 0.2) is 9.84 Å². The summed E-state index contributed by atoms with van der Waals surface area (Å²) in [5, 5.41) is 0. The molecular weight excluding hydrogens is 216 g/mol. The van der Waals surface area contributed by atoms with Crippen LogP contribution in [0.15, 0.2) is 12.2 Å². The van der Waals surface area contributed by atoms with Gasteiger partial charge in [0.2, 0.25) is 0 Å². The standard InChI is InChI=1S/C10H16O4S/c1-14-10(11)6-2-4-9-5-3-7-15(12,13)8-9/h2,4,9H,3,5-8H2,1H3/b4-2-. The van der Waals surface area contributed by atoms with Crippen molar-refractivity contribution in [3.63, 3.8) is 0 Å². The predicted octanol–water partition coefficient (Wildman–Crippen LogP) is 0.931. The van der Waals surface area contributed by atoms with Gasteiger partial charge in [-0.1, -0.05) is 12.2 Å². The van der Waals surface area contributed by atoms with Crippen molar-refractivity contribution in [1.82, 2.24) is 0 Å². The molecule has 0 aromatic carbocycles. The van der Waals surface area contributed by atoms with Crippen LogP contribution in [0, 0.1) is 5.92 Å². The molecule has 4 nitrogen and oxygen atoms in total. The van der Waals surface area contributed by atoms with Crippen LogP contribution in [0.2, 0.25) is 0 Å². The summed E-state index contributed by atoms with van der Waals surface area (Å²) in [7, 11) is -1.52. The van der Waals surface area contributed by atoms with E-state index in [1.165, 1.54) is 7.11 Å². The molecule has 1 heterocycles. The Morgan fingerprint density at radius 1 is 1.53 bits per heavy atom. The quantitative estimate of drug-likeness (QED) is 0.536. The van der Waals surface area contributed by atoms with Crippen LogP contribution in [0.25, 0.3) is 0 Å². The number of rotatable bonds is 3. The summed E-state index contributed by atoms with van der Waals surface area (Å²) >= 11 is 0. The summed E-state index contributed by atoms with van der Waals surface area (Å²) in [6.07, 6.45) is 5.32. The van der Waals surface area contributed by atoms with Crippen molar-refractivity contribution in [2.75, 3.05) is 18.6 Å². The maximum Gasteiger partial charge on any atom is 0.309 e. The minimum Gasteiger partial charge on any atom is -0.469 e. The van der Waals surface area contributed by atoms with Gasteiger partial charge in [-0.25, -0.2) is 8.42 Å². The van der Waals surface area contributed by atoms with Crippen molar-refractivity contribution in [3.05, 3.63) is 12.2 Å². The average Bonchev–Trinajstić information content (AvgIpc) is 2.16. The number of hydrogen-bond acceptors (Lipinski definition) is 4. The summed E-state index contributed by atoms with van der Waals surface area (Å²) in [6.45, 7) is 0. The maximum absolute atomic E-state index is 11.3. The van der Waals surface area contributed by atoms with Crippen LogP contribution in [0.3, 0.4) is 0 Å². The summed E-state index contributed by atoms with van der Waals surface area (Å²) in [5.41, 5.74) is 0. The van der Waals surface area contributed by atoms with Gasteiger partial charge in [0, 0.05) is 0 Å². The first-order valence-corrected chi connectivity index (χ1v) is 6.79. The smallest absolute Gasteiger partial charge is 0.309 e. The Hall–Kier alpha value is -0.840. The minimum absolute atomic E-state index is 0.0633. The molecule has 0 aliphatic carbocycles. The molecule has 0 radical (unpaired) electrons. The summed E-state index contributed by atoms with van der Waals surface area (Å²) in [4.78, 5) is 10.8. The van der Waals surface area contributed by atoms with Crippen LogP contribution < -0.4 is 0 Å². The third-order valence-electron chi connectivity index (χ3n) is 2.42. The van der Waals surface area contributed by atoms with Crippen molar-refractivity contribution in [3.8, 4) is 0 Å². The van der Waals surface area contributed by atoms with Crippen LogP contribution in [0.4, 0.5) is 0 Å². The Morgan fingerprint density at radius 2 is 2.27 bits per heavy atom. The Balaban J connectivity index is 2.42. The second-order valence-corrected chi connectivity index (χ2v) is 5.95. The number of allylic oxidation sites excluding steroid dienone is 1. The maximum atomic E-state index is 11.3. The fourth-order valence-corrected chi connectivity index (χ4v) is 3.35. The van der Waals surface area contributed by atoms with Gasteiger partial charge < -0.3 is 4.74 Å². The number of methoxy groups -OCH3 is 1. The molecule has 1 saturated heterocycles. The molecule has 15 heavy (non-hydrogen) atoms. The molecule has 5 heteroatoms. The molecule has 0 spiro atoms. The SMILES string of the molecule is COC(=O)C/C=C\C1CCCS(=O)(=O)C1. The zero-order valence-electron chi connectivity index (χ0n) is 8.81. The zero-order chi connectivity index (χ0) is 11.3. The molecule has 0 saturated carbocycles. The highest BCUT2D eigenvalue weighted by Crippen LogP contribution is 2.19. The van der Waals surface area contributed by atoms with Gasteiger partial charge in [-0.15, -0.1) is 0 Å². The fourth-order valence-electron chi connectivity index (χ4n) is 1.65. The van der Waals surface area contributed by atoms with Crippen LogP contribution >= 0.6 is 0 Å². The molecule has 1 aliphatic heterocycles. The number of sulfone groups is 1. The highest BCUT2D eigenvalue weighted by molar-refractivity contribution is 7.91. The molecule has 0 aromatic heterocycles. The molecule has 0 aromatic rings. The highest BCUT2D eigenvalue weighted by Gasteiger charge is 2.22. The van der Waals surface area contributed by atoms with Crippen LogP contribution in [0.5, 0.6) is 0 Å². The summed E-state index contributed by atoms with van der Waals surface area (Å²) in [6, 6.07) is 0. The first-order chi connectivity index (χ1) is 7.03. The molecule has 1 fully saturated rings. The van der Waals surface area contributed by atoms with E-state index in [1.54, 1.807) is 6.08 Å². The number of ether oxygens (including phenoxy) is 1.